The quantitative estimate of drug-likeness (QED) is 0.920. The van der Waals surface area contributed by atoms with E-state index in [0.29, 0.717) is 17.9 Å². The van der Waals surface area contributed by atoms with Crippen LogP contribution in [0.1, 0.15) is 56.8 Å². The molecule has 21 heavy (non-hydrogen) atoms. The molecule has 1 amide bonds. The van der Waals surface area contributed by atoms with Crippen LogP contribution in [0, 0.1) is 12.8 Å². The molecule has 0 spiro atoms. The maximum atomic E-state index is 12.8. The van der Waals surface area contributed by atoms with E-state index in [0.717, 1.165) is 19.3 Å². The third-order valence-electron chi connectivity index (χ3n) is 4.72. The van der Waals surface area contributed by atoms with Crippen LogP contribution >= 0.6 is 0 Å². The second-order valence-corrected chi connectivity index (χ2v) is 7.00. The molecule has 1 aliphatic carbocycles. The first-order chi connectivity index (χ1) is 10.1. The van der Waals surface area contributed by atoms with E-state index in [2.05, 4.69) is 55.3 Å². The zero-order valence-electron chi connectivity index (χ0n) is 13.3. The van der Waals surface area contributed by atoms with Crippen LogP contribution in [-0.4, -0.2) is 22.9 Å². The van der Waals surface area contributed by atoms with Gasteiger partial charge in [-0.05, 0) is 44.1 Å². The zero-order valence-corrected chi connectivity index (χ0v) is 13.3. The maximum absolute atomic E-state index is 12.8. The Morgan fingerprint density at radius 1 is 1.33 bits per heavy atom. The highest BCUT2D eigenvalue weighted by Gasteiger charge is 2.44. The first-order valence-corrected chi connectivity index (χ1v) is 8.21. The van der Waals surface area contributed by atoms with Crippen molar-refractivity contribution in [1.82, 2.24) is 10.2 Å². The highest BCUT2D eigenvalue weighted by molar-refractivity contribution is 5.85. The molecule has 2 unspecified atom stereocenters. The number of hydrogen-bond acceptors (Lipinski definition) is 2. The molecular formula is C18H26N2O. The monoisotopic (exact) mass is 286 g/mol. The summed E-state index contributed by atoms with van der Waals surface area (Å²) in [4.78, 5) is 14.9. The minimum Gasteiger partial charge on any atom is -0.319 e. The number of nitrogens with zero attached hydrogens (tertiary/aromatic N) is 1. The number of hydrogen-bond donors (Lipinski definition) is 1. The Balaban J connectivity index is 1.87. The summed E-state index contributed by atoms with van der Waals surface area (Å²) in [5.74, 6) is 0.839. The van der Waals surface area contributed by atoms with Gasteiger partial charge in [0, 0.05) is 6.04 Å². The summed E-state index contributed by atoms with van der Waals surface area (Å²) in [6, 6.07) is 8.96. The van der Waals surface area contributed by atoms with E-state index < -0.39 is 0 Å². The van der Waals surface area contributed by atoms with Crippen molar-refractivity contribution in [3.05, 3.63) is 35.4 Å². The van der Waals surface area contributed by atoms with Gasteiger partial charge in [0.1, 0.15) is 6.17 Å². The van der Waals surface area contributed by atoms with E-state index >= 15 is 0 Å². The molecular weight excluding hydrogens is 260 g/mol. The molecule has 1 heterocycles. The number of aryl methyl sites for hydroxylation is 1. The molecule has 1 aromatic carbocycles. The summed E-state index contributed by atoms with van der Waals surface area (Å²) in [7, 11) is 0. The lowest BCUT2D eigenvalue weighted by Crippen LogP contribution is -2.44. The zero-order chi connectivity index (χ0) is 15.0. The van der Waals surface area contributed by atoms with Gasteiger partial charge in [-0.25, -0.2) is 0 Å². The Hall–Kier alpha value is -1.35. The van der Waals surface area contributed by atoms with Gasteiger partial charge in [0.15, 0.2) is 0 Å². The van der Waals surface area contributed by atoms with Crippen LogP contribution in [0.15, 0.2) is 24.3 Å². The summed E-state index contributed by atoms with van der Waals surface area (Å²) in [5, 5.41) is 3.59. The SMILES string of the molecule is Cc1cccc(C2NC(CC(C)C)C(=O)N2C2CCC2)c1. The maximum Gasteiger partial charge on any atom is 0.241 e. The van der Waals surface area contributed by atoms with Crippen molar-refractivity contribution in [2.75, 3.05) is 0 Å². The van der Waals surface area contributed by atoms with E-state index in [1.54, 1.807) is 0 Å². The molecule has 3 rings (SSSR count). The minimum atomic E-state index is -0.0175. The van der Waals surface area contributed by atoms with Gasteiger partial charge in [-0.2, -0.15) is 0 Å². The number of amides is 1. The molecule has 114 valence electrons. The fraction of sp³-hybridized carbons (Fsp3) is 0.611. The molecule has 1 saturated carbocycles. The van der Waals surface area contributed by atoms with Crippen molar-refractivity contribution in [2.45, 2.75) is 64.7 Å². The van der Waals surface area contributed by atoms with Gasteiger partial charge >= 0.3 is 0 Å². The molecule has 2 atom stereocenters. The Bertz CT molecular complexity index is 522. The van der Waals surface area contributed by atoms with Gasteiger partial charge in [0.05, 0.1) is 6.04 Å². The normalized spacial score (nSPS) is 26.5. The summed E-state index contributed by atoms with van der Waals surface area (Å²) < 4.78 is 0. The number of carbonyl (C=O) groups is 1. The molecule has 1 saturated heterocycles. The first-order valence-electron chi connectivity index (χ1n) is 8.21. The van der Waals surface area contributed by atoms with Gasteiger partial charge in [0.2, 0.25) is 5.91 Å². The third-order valence-corrected chi connectivity index (χ3v) is 4.72. The van der Waals surface area contributed by atoms with E-state index in [1.165, 1.54) is 17.5 Å². The smallest absolute Gasteiger partial charge is 0.241 e. The molecule has 0 radical (unpaired) electrons. The van der Waals surface area contributed by atoms with Crippen molar-refractivity contribution >= 4 is 5.91 Å². The summed E-state index contributed by atoms with van der Waals surface area (Å²) in [6.07, 6.45) is 4.55. The van der Waals surface area contributed by atoms with Crippen LogP contribution < -0.4 is 5.32 Å². The molecule has 3 nitrogen and oxygen atoms in total. The molecule has 0 aromatic heterocycles. The van der Waals surface area contributed by atoms with Crippen molar-refractivity contribution in [3.63, 3.8) is 0 Å². The summed E-state index contributed by atoms with van der Waals surface area (Å²) in [6.45, 7) is 6.48. The van der Waals surface area contributed by atoms with E-state index in [-0.39, 0.29) is 12.2 Å². The van der Waals surface area contributed by atoms with E-state index in [1.807, 2.05) is 0 Å². The average molecular weight is 286 g/mol. The second-order valence-electron chi connectivity index (χ2n) is 7.00. The van der Waals surface area contributed by atoms with Crippen LogP contribution in [0.5, 0.6) is 0 Å². The van der Waals surface area contributed by atoms with Gasteiger partial charge in [-0.3, -0.25) is 10.1 Å². The first kappa shape index (κ1) is 14.6. The molecule has 1 N–H and O–H groups in total. The number of carbonyl (C=O) groups excluding carboxylic acids is 1. The van der Waals surface area contributed by atoms with Crippen molar-refractivity contribution < 1.29 is 4.79 Å². The Labute approximate surface area is 127 Å². The van der Waals surface area contributed by atoms with Gasteiger partial charge in [-0.15, -0.1) is 0 Å². The lowest BCUT2D eigenvalue weighted by molar-refractivity contribution is -0.134. The number of benzene rings is 1. The fourth-order valence-electron chi connectivity index (χ4n) is 3.44. The molecule has 2 fully saturated rings. The van der Waals surface area contributed by atoms with Crippen molar-refractivity contribution in [1.29, 1.82) is 0 Å². The van der Waals surface area contributed by atoms with Crippen molar-refractivity contribution in [3.8, 4) is 0 Å². The lowest BCUT2D eigenvalue weighted by Gasteiger charge is -2.38. The van der Waals surface area contributed by atoms with Crippen LogP contribution in [0.2, 0.25) is 0 Å². The highest BCUT2D eigenvalue weighted by atomic mass is 16.2. The number of nitrogens with one attached hydrogen (secondary N) is 1. The molecule has 0 bridgehead atoms. The summed E-state index contributed by atoms with van der Waals surface area (Å²) in [5.41, 5.74) is 2.48. The Morgan fingerprint density at radius 2 is 2.10 bits per heavy atom. The Kier molecular flexibility index (Phi) is 4.03. The fourth-order valence-corrected chi connectivity index (χ4v) is 3.44. The molecule has 2 aliphatic rings. The minimum absolute atomic E-state index is 0.0175. The van der Waals surface area contributed by atoms with Gasteiger partial charge < -0.3 is 4.90 Å². The summed E-state index contributed by atoms with van der Waals surface area (Å²) >= 11 is 0. The Morgan fingerprint density at radius 3 is 2.67 bits per heavy atom. The highest BCUT2D eigenvalue weighted by Crippen LogP contribution is 2.36. The molecule has 3 heteroatoms. The van der Waals surface area contributed by atoms with Crippen LogP contribution in [0.25, 0.3) is 0 Å². The van der Waals surface area contributed by atoms with Crippen LogP contribution in [0.3, 0.4) is 0 Å². The van der Waals surface area contributed by atoms with Crippen LogP contribution in [0.4, 0.5) is 0 Å². The van der Waals surface area contributed by atoms with Gasteiger partial charge in [0.25, 0.3) is 0 Å². The third kappa shape index (κ3) is 2.84. The van der Waals surface area contributed by atoms with Crippen LogP contribution in [-0.2, 0) is 4.79 Å². The largest absolute Gasteiger partial charge is 0.319 e. The molecule has 1 aliphatic heterocycles. The standard InChI is InChI=1S/C18H26N2O/c1-12(2)10-16-18(21)20(15-8-5-9-15)17(19-16)14-7-4-6-13(3)11-14/h4,6-7,11-12,15-17,19H,5,8-10H2,1-3H3. The van der Waals surface area contributed by atoms with E-state index in [9.17, 15) is 4.79 Å². The number of rotatable bonds is 4. The predicted octanol–water partition coefficient (Wildman–Crippen LogP) is 3.39. The second kappa shape index (κ2) is 5.80. The van der Waals surface area contributed by atoms with Crippen molar-refractivity contribution in [2.24, 2.45) is 5.92 Å². The topological polar surface area (TPSA) is 32.3 Å². The van der Waals surface area contributed by atoms with E-state index in [4.69, 9.17) is 0 Å². The predicted molar refractivity (Wildman–Crippen MR) is 84.8 cm³/mol. The van der Waals surface area contributed by atoms with Gasteiger partial charge in [-0.1, -0.05) is 43.7 Å². The lowest BCUT2D eigenvalue weighted by atomic mass is 9.90. The average Bonchev–Trinajstić information content (AvgIpc) is 2.66. The molecule has 1 aromatic rings.